The number of carbonyl (C=O) groups is 1. The molecular weight excluding hydrogens is 982 g/mol. The van der Waals surface area contributed by atoms with Crippen molar-refractivity contribution in [3.8, 4) is 11.5 Å². The Hall–Kier alpha value is -7.43. The fourth-order valence-electron chi connectivity index (χ4n) is 11.4. The molecule has 1 aliphatic heterocycles. The van der Waals surface area contributed by atoms with Gasteiger partial charge < -0.3 is 38.7 Å². The van der Waals surface area contributed by atoms with Gasteiger partial charge in [-0.3, -0.25) is 15.0 Å². The second kappa shape index (κ2) is 26.1. The van der Waals surface area contributed by atoms with Gasteiger partial charge in [0.25, 0.3) is 5.69 Å². The molecule has 6 aromatic rings. The standard InChI is InChI=1S/C62H66FN3O11/c1-2-33-75-62-58(65(39-47-21-14-20-45-17-6-8-22-51(45)47)61(69)73-35-34-72-40-43-15-4-3-5-16-43)38-56(64-76-41-44-25-27-49(28-26-44)66(70)71)53-36-46(18-10-12-31-67)52(23-11-13-32-68)59(60(53)62)54-37-50(29-30-57(54)77-62)74-42-48-19-7-9-24-55(48)63/h2-9,14-17,19-22,24-30,36-37,46,52,58-60,67-68H,1,10-13,18,23,31-35,38-42H2. The highest BCUT2D eigenvalue weighted by Gasteiger charge is 2.66. The Kier molecular flexibility index (Phi) is 18.4. The first-order chi connectivity index (χ1) is 37.7. The molecule has 402 valence electrons. The first-order valence-electron chi connectivity index (χ1n) is 26.5. The van der Waals surface area contributed by atoms with Crippen LogP contribution in [0.15, 0.2) is 169 Å². The number of nitrogens with zero attached hydrogens (tertiary/aromatic N) is 3. The number of aliphatic hydroxyl groups excluding tert-OH is 2. The van der Waals surface area contributed by atoms with Crippen LogP contribution in [0, 0.1) is 33.7 Å². The minimum atomic E-state index is -1.62. The van der Waals surface area contributed by atoms with Crippen LogP contribution in [0.3, 0.4) is 0 Å². The zero-order chi connectivity index (χ0) is 53.6. The number of allylic oxidation sites excluding steroid dienone is 1. The monoisotopic (exact) mass is 1050 g/mol. The molecule has 1 heterocycles. The van der Waals surface area contributed by atoms with Gasteiger partial charge in [0.1, 0.15) is 43.2 Å². The second-order valence-electron chi connectivity index (χ2n) is 19.8. The van der Waals surface area contributed by atoms with E-state index < -0.39 is 28.8 Å². The molecule has 0 spiro atoms. The summed E-state index contributed by atoms with van der Waals surface area (Å²) in [5.41, 5.74) is 5.03. The number of carbonyl (C=O) groups excluding carboxylic acids is 1. The Morgan fingerprint density at radius 2 is 1.56 bits per heavy atom. The van der Waals surface area contributed by atoms with Gasteiger partial charge in [0.15, 0.2) is 0 Å². The number of aliphatic hydroxyl groups is 2. The SMILES string of the molecule is C=CCOC12Oc3ccc(OCc4ccccc4F)cc3C3C(CCCCO)C(CCCCO)C=C(C(=NOCc4ccc([N+](=O)[O-])cc4)CC1N(Cc1cccc4ccccc14)C(=O)OCCOCc1ccccc1)C32. The Morgan fingerprint density at radius 1 is 0.831 bits per heavy atom. The number of oxime groups is 1. The van der Waals surface area contributed by atoms with E-state index in [0.29, 0.717) is 60.6 Å². The molecule has 0 radical (unpaired) electrons. The molecule has 1 amide bonds. The van der Waals surface area contributed by atoms with Crippen LogP contribution in [0.4, 0.5) is 14.9 Å². The van der Waals surface area contributed by atoms with Gasteiger partial charge in [-0.05, 0) is 107 Å². The highest BCUT2D eigenvalue weighted by molar-refractivity contribution is 6.03. The molecule has 0 saturated heterocycles. The lowest BCUT2D eigenvalue weighted by Gasteiger charge is -2.60. The second-order valence-corrected chi connectivity index (χ2v) is 19.8. The molecular formula is C62H66FN3O11. The van der Waals surface area contributed by atoms with Gasteiger partial charge in [-0.2, -0.15) is 0 Å². The molecule has 77 heavy (non-hydrogen) atoms. The van der Waals surface area contributed by atoms with Crippen LogP contribution in [0.25, 0.3) is 10.8 Å². The molecule has 6 atom stereocenters. The predicted octanol–water partition coefficient (Wildman–Crippen LogP) is 12.2. The molecule has 3 aliphatic rings. The zero-order valence-electron chi connectivity index (χ0n) is 43.1. The van der Waals surface area contributed by atoms with Crippen molar-refractivity contribution >= 4 is 28.3 Å². The summed E-state index contributed by atoms with van der Waals surface area (Å²) in [6, 6.07) is 41.0. The van der Waals surface area contributed by atoms with Crippen molar-refractivity contribution in [1.29, 1.82) is 0 Å². The van der Waals surface area contributed by atoms with Crippen LogP contribution in [0.2, 0.25) is 0 Å². The summed E-state index contributed by atoms with van der Waals surface area (Å²) in [5.74, 6) is -2.19. The maximum atomic E-state index is 15.4. The van der Waals surface area contributed by atoms with E-state index in [1.54, 1.807) is 47.4 Å². The lowest BCUT2D eigenvalue weighted by atomic mass is 9.55. The fraction of sp³-hybridized carbons (Fsp3) is 0.355. The highest BCUT2D eigenvalue weighted by atomic mass is 19.1. The van der Waals surface area contributed by atoms with Crippen LogP contribution >= 0.6 is 0 Å². The number of amides is 1. The Bertz CT molecular complexity index is 3020. The number of ether oxygens (including phenoxy) is 5. The number of nitro groups is 1. The van der Waals surface area contributed by atoms with Crippen LogP contribution in [0.1, 0.15) is 78.7 Å². The summed E-state index contributed by atoms with van der Waals surface area (Å²) in [7, 11) is 0. The van der Waals surface area contributed by atoms with Crippen molar-refractivity contribution < 1.29 is 52.8 Å². The average molecular weight is 1050 g/mol. The number of hydrogen-bond donors (Lipinski definition) is 2. The summed E-state index contributed by atoms with van der Waals surface area (Å²) in [4.78, 5) is 34.4. The van der Waals surface area contributed by atoms with Gasteiger partial charge in [0.2, 0.25) is 5.79 Å². The largest absolute Gasteiger partial charge is 0.489 e. The number of nitro benzene ring substituents is 1. The van der Waals surface area contributed by atoms with Crippen LogP contribution in [-0.2, 0) is 45.4 Å². The number of hydrogen-bond acceptors (Lipinski definition) is 12. The van der Waals surface area contributed by atoms with E-state index in [9.17, 15) is 24.7 Å². The molecule has 1 saturated carbocycles. The van der Waals surface area contributed by atoms with Gasteiger partial charge in [-0.15, -0.1) is 6.58 Å². The first-order valence-corrected chi connectivity index (χ1v) is 26.5. The quantitative estimate of drug-likeness (QED) is 0.0229. The van der Waals surface area contributed by atoms with Crippen molar-refractivity contribution in [2.24, 2.45) is 22.9 Å². The van der Waals surface area contributed by atoms with Gasteiger partial charge in [-0.25, -0.2) is 9.18 Å². The third-order valence-corrected chi connectivity index (χ3v) is 14.9. The lowest BCUT2D eigenvalue weighted by molar-refractivity contribution is -0.384. The van der Waals surface area contributed by atoms with Gasteiger partial charge >= 0.3 is 6.09 Å². The molecule has 2 aliphatic carbocycles. The van der Waals surface area contributed by atoms with Gasteiger partial charge in [-0.1, -0.05) is 121 Å². The predicted molar refractivity (Wildman–Crippen MR) is 291 cm³/mol. The summed E-state index contributed by atoms with van der Waals surface area (Å²) < 4.78 is 48.3. The molecule has 0 aromatic heterocycles. The minimum absolute atomic E-state index is 0.0118. The summed E-state index contributed by atoms with van der Waals surface area (Å²) in [6.45, 7) is 4.63. The molecule has 6 aromatic carbocycles. The van der Waals surface area contributed by atoms with Gasteiger partial charge in [0, 0.05) is 48.8 Å². The van der Waals surface area contributed by atoms with Crippen LogP contribution in [-0.4, -0.2) is 76.7 Å². The average Bonchev–Trinajstić information content (AvgIpc) is 3.64. The molecule has 1 fully saturated rings. The normalized spacial score (nSPS) is 20.8. The number of unbranched alkanes of at least 4 members (excludes halogenated alkanes) is 2. The molecule has 9 rings (SSSR count). The maximum Gasteiger partial charge on any atom is 0.410 e. The molecule has 15 heteroatoms. The number of rotatable bonds is 26. The smallest absolute Gasteiger partial charge is 0.410 e. The maximum absolute atomic E-state index is 15.4. The third kappa shape index (κ3) is 12.7. The van der Waals surface area contributed by atoms with E-state index in [0.717, 1.165) is 45.9 Å². The topological polar surface area (TPSA) is 172 Å². The lowest BCUT2D eigenvalue weighted by Crippen LogP contribution is -2.70. The van der Waals surface area contributed by atoms with Crippen molar-refractivity contribution in [2.45, 2.75) is 89.1 Å². The van der Waals surface area contributed by atoms with E-state index in [2.05, 4.69) is 12.7 Å². The van der Waals surface area contributed by atoms with Crippen LogP contribution < -0.4 is 9.47 Å². The number of benzene rings is 6. The van der Waals surface area contributed by atoms with E-state index >= 15 is 4.79 Å². The highest BCUT2D eigenvalue weighted by Crippen LogP contribution is 2.62. The summed E-state index contributed by atoms with van der Waals surface area (Å²) in [6.07, 6.45) is 7.40. The zero-order valence-corrected chi connectivity index (χ0v) is 43.1. The van der Waals surface area contributed by atoms with E-state index in [4.69, 9.17) is 33.7 Å². The molecule has 0 bridgehead atoms. The van der Waals surface area contributed by atoms with Crippen molar-refractivity contribution in [2.75, 3.05) is 33.0 Å². The van der Waals surface area contributed by atoms with Crippen molar-refractivity contribution in [1.82, 2.24) is 4.90 Å². The van der Waals surface area contributed by atoms with Crippen LogP contribution in [0.5, 0.6) is 11.5 Å². The molecule has 14 nitrogen and oxygen atoms in total. The summed E-state index contributed by atoms with van der Waals surface area (Å²) >= 11 is 0. The minimum Gasteiger partial charge on any atom is -0.489 e. The third-order valence-electron chi connectivity index (χ3n) is 14.9. The summed E-state index contributed by atoms with van der Waals surface area (Å²) in [5, 5.41) is 38.6. The Labute approximate surface area is 448 Å². The van der Waals surface area contributed by atoms with E-state index in [1.165, 1.54) is 18.2 Å². The van der Waals surface area contributed by atoms with E-state index in [-0.39, 0.29) is 88.5 Å². The molecule has 6 unspecified atom stereocenters. The molecule has 2 N–H and O–H groups in total. The number of fused-ring (bicyclic) bond motifs is 3. The van der Waals surface area contributed by atoms with E-state index in [1.807, 2.05) is 84.9 Å². The fourth-order valence-corrected chi connectivity index (χ4v) is 11.4. The Balaban J connectivity index is 1.20. The first kappa shape index (κ1) is 54.4. The van der Waals surface area contributed by atoms with Gasteiger partial charge in [0.05, 0.1) is 42.9 Å². The van der Waals surface area contributed by atoms with Crippen molar-refractivity contribution in [3.05, 3.63) is 208 Å². The Morgan fingerprint density at radius 3 is 2.34 bits per heavy atom. The number of halogens is 1. The van der Waals surface area contributed by atoms with Crippen molar-refractivity contribution in [3.63, 3.8) is 0 Å². The number of non-ortho nitro benzene ring substituents is 1.